The Morgan fingerprint density at radius 2 is 0.845 bits per heavy atom. The van der Waals surface area contributed by atoms with Crippen LogP contribution in [0.1, 0.15) is 141 Å². The topological polar surface area (TPSA) is 248 Å². The molecule has 18 heteroatoms. The van der Waals surface area contributed by atoms with Gasteiger partial charge < -0.3 is 50.2 Å². The van der Waals surface area contributed by atoms with E-state index in [2.05, 4.69) is 30.4 Å². The van der Waals surface area contributed by atoms with Crippen LogP contribution in [-0.2, 0) is 47.7 Å². The molecule has 0 radical (unpaired) electrons. The Labute approximate surface area is 347 Å². The summed E-state index contributed by atoms with van der Waals surface area (Å²) >= 11 is 0. The molecule has 338 valence electrons. The van der Waals surface area contributed by atoms with Crippen molar-refractivity contribution in [3.63, 3.8) is 0 Å². The Kier molecular flexibility index (Phi) is 38.7. The van der Waals surface area contributed by atoms with Crippen molar-refractivity contribution in [1.29, 1.82) is 0 Å². The monoisotopic (exact) mass is 851 g/mol. The molecule has 0 spiro atoms. The van der Waals surface area contributed by atoms with E-state index in [1.54, 1.807) is 0 Å². The number of ether oxygens (including phenoxy) is 4. The number of carbonyl (C=O) groups excluding carboxylic acids is 3. The summed E-state index contributed by atoms with van der Waals surface area (Å²) < 4.78 is 21.8. The lowest BCUT2D eigenvalue weighted by molar-refractivity contribution is -0.142. The largest absolute Gasteiger partial charge is 0.481 e. The molecular weight excluding hydrogens is 775 g/mol. The minimum absolute atomic E-state index is 0.0453. The van der Waals surface area contributed by atoms with E-state index in [0.29, 0.717) is 84.8 Å². The van der Waals surface area contributed by atoms with Crippen LogP contribution >= 0.6 is 9.39 Å². The summed E-state index contributed by atoms with van der Waals surface area (Å²) in [6.07, 6.45) is 18.3. The molecule has 3 atom stereocenters. The third kappa shape index (κ3) is 38.6. The Bertz CT molecular complexity index is 1090. The van der Waals surface area contributed by atoms with Crippen LogP contribution < -0.4 is 21.0 Å². The molecule has 0 aliphatic carbocycles. The van der Waals surface area contributed by atoms with Crippen molar-refractivity contribution in [1.82, 2.24) is 21.0 Å². The number of amides is 3. The highest BCUT2D eigenvalue weighted by molar-refractivity contribution is 7.13. The predicted molar refractivity (Wildman–Crippen MR) is 222 cm³/mol. The van der Waals surface area contributed by atoms with Gasteiger partial charge in [0.05, 0.1) is 52.9 Å². The van der Waals surface area contributed by atoms with E-state index in [9.17, 15) is 33.9 Å². The quantitative estimate of drug-likeness (QED) is 0.0333. The molecule has 3 amide bonds. The molecular formula is C40H75N4O13P. The van der Waals surface area contributed by atoms with Crippen molar-refractivity contribution in [3.05, 3.63) is 0 Å². The maximum absolute atomic E-state index is 12.2. The fourth-order valence-electron chi connectivity index (χ4n) is 5.83. The van der Waals surface area contributed by atoms with Crippen LogP contribution in [0, 0.1) is 0 Å². The van der Waals surface area contributed by atoms with Crippen LogP contribution in [0.5, 0.6) is 0 Å². The van der Waals surface area contributed by atoms with Crippen molar-refractivity contribution in [2.24, 2.45) is 0 Å². The van der Waals surface area contributed by atoms with Gasteiger partial charge in [-0.2, -0.15) is 0 Å². The highest BCUT2D eigenvalue weighted by Crippen LogP contribution is 2.14. The summed E-state index contributed by atoms with van der Waals surface area (Å²) in [4.78, 5) is 69.3. The molecule has 0 heterocycles. The highest BCUT2D eigenvalue weighted by atomic mass is 31.0. The number of carbonyl (C=O) groups is 6. The van der Waals surface area contributed by atoms with Crippen molar-refractivity contribution < 1.29 is 63.0 Å². The molecule has 1 unspecified atom stereocenters. The second-order valence-electron chi connectivity index (χ2n) is 14.3. The molecule has 0 bridgehead atoms. The van der Waals surface area contributed by atoms with E-state index in [1.165, 1.54) is 51.4 Å². The number of unbranched alkanes of at least 4 members (excludes halogenated alkanes) is 14. The lowest BCUT2D eigenvalue weighted by Crippen LogP contribution is -2.42. The van der Waals surface area contributed by atoms with Crippen LogP contribution in [0.3, 0.4) is 0 Å². The molecule has 0 saturated heterocycles. The summed E-state index contributed by atoms with van der Waals surface area (Å²) in [5.41, 5.74) is 0. The van der Waals surface area contributed by atoms with Gasteiger partial charge in [-0.1, -0.05) is 86.4 Å². The third-order valence-corrected chi connectivity index (χ3v) is 9.64. The van der Waals surface area contributed by atoms with Gasteiger partial charge in [-0.3, -0.25) is 29.1 Å². The molecule has 0 aromatic rings. The summed E-state index contributed by atoms with van der Waals surface area (Å²) in [7, 11) is 2.17. The zero-order valence-electron chi connectivity index (χ0n) is 34.8. The van der Waals surface area contributed by atoms with Gasteiger partial charge >= 0.3 is 17.9 Å². The summed E-state index contributed by atoms with van der Waals surface area (Å²) in [5.74, 6) is -3.69. The average molecular weight is 851 g/mol. The Morgan fingerprint density at radius 1 is 0.414 bits per heavy atom. The van der Waals surface area contributed by atoms with E-state index in [4.69, 9.17) is 29.2 Å². The summed E-state index contributed by atoms with van der Waals surface area (Å²) in [5, 5.41) is 37.6. The van der Waals surface area contributed by atoms with Gasteiger partial charge in [0.1, 0.15) is 12.1 Å². The minimum atomic E-state index is -1.24. The summed E-state index contributed by atoms with van der Waals surface area (Å²) in [6, 6.07) is -1.89. The second kappa shape index (κ2) is 40.8. The predicted octanol–water partition coefficient (Wildman–Crippen LogP) is 4.35. The van der Waals surface area contributed by atoms with Crippen molar-refractivity contribution in [2.75, 3.05) is 65.9 Å². The van der Waals surface area contributed by atoms with Crippen molar-refractivity contribution in [3.8, 4) is 0 Å². The zero-order valence-corrected chi connectivity index (χ0v) is 35.9. The maximum Gasteiger partial charge on any atom is 0.326 e. The molecule has 0 aromatic heterocycles. The second-order valence-corrected chi connectivity index (χ2v) is 14.6. The van der Waals surface area contributed by atoms with Crippen molar-refractivity contribution >= 4 is 45.0 Å². The molecule has 0 fully saturated rings. The van der Waals surface area contributed by atoms with Gasteiger partial charge in [0.2, 0.25) is 17.7 Å². The van der Waals surface area contributed by atoms with Crippen LogP contribution in [0.15, 0.2) is 0 Å². The lowest BCUT2D eigenvalue weighted by Gasteiger charge is -2.15. The molecule has 0 rings (SSSR count). The number of carboxylic acid groups (broad SMARTS) is 3. The van der Waals surface area contributed by atoms with Gasteiger partial charge in [-0.15, -0.1) is 0 Å². The summed E-state index contributed by atoms with van der Waals surface area (Å²) in [6.45, 7) is 3.38. The van der Waals surface area contributed by atoms with Crippen molar-refractivity contribution in [2.45, 2.75) is 153 Å². The minimum Gasteiger partial charge on any atom is -0.481 e. The molecule has 0 saturated carbocycles. The molecule has 58 heavy (non-hydrogen) atoms. The highest BCUT2D eigenvalue weighted by Gasteiger charge is 2.21. The molecule has 17 nitrogen and oxygen atoms in total. The van der Waals surface area contributed by atoms with E-state index in [1.807, 2.05) is 0 Å². The van der Waals surface area contributed by atoms with Crippen LogP contribution in [-0.4, -0.2) is 129 Å². The van der Waals surface area contributed by atoms with Gasteiger partial charge in [0.25, 0.3) is 0 Å². The lowest BCUT2D eigenvalue weighted by atomic mass is 10.0. The number of carboxylic acids is 3. The number of hydrogen-bond donors (Lipinski definition) is 7. The van der Waals surface area contributed by atoms with Gasteiger partial charge in [-0.25, -0.2) is 4.79 Å². The molecule has 0 aliphatic heterocycles. The van der Waals surface area contributed by atoms with E-state index in [0.717, 1.165) is 38.5 Å². The Morgan fingerprint density at radius 3 is 1.33 bits per heavy atom. The standard InChI is InChI=1S/C40H75N4O13P/c45-35(18-13-11-9-7-5-3-1-2-4-6-8-10-12-14-19-38(48)49)42-24-26-55-28-30-57-32-31-56-29-27-54-25-22-37(47)43-33(39(50)51)20-21-36(46)41-23-16-15-17-34(44-58)40(52)53/h33-34,44H,1-32,58H2,(H,41,46)(H,42,45)(H,43,47)(H,48,49)(H,50,51)(H,52,53)/t33-,34-/m0/s1. The number of aliphatic carboxylic acids is 3. The molecule has 0 aliphatic rings. The number of nitrogens with one attached hydrogen (secondary N) is 4. The first-order valence-electron chi connectivity index (χ1n) is 21.3. The average Bonchev–Trinajstić information content (AvgIpc) is 3.18. The van der Waals surface area contributed by atoms with E-state index >= 15 is 0 Å². The van der Waals surface area contributed by atoms with Crippen LogP contribution in [0.25, 0.3) is 0 Å². The first-order chi connectivity index (χ1) is 28.1. The number of rotatable bonds is 44. The van der Waals surface area contributed by atoms with Crippen LogP contribution in [0.2, 0.25) is 0 Å². The fourth-order valence-corrected chi connectivity index (χ4v) is 6.14. The third-order valence-electron chi connectivity index (χ3n) is 9.24. The van der Waals surface area contributed by atoms with Gasteiger partial charge in [0.15, 0.2) is 0 Å². The Balaban J connectivity index is 3.52. The van der Waals surface area contributed by atoms with E-state index < -0.39 is 35.9 Å². The SMILES string of the molecule is O=C(O)CCCCCCCCCCCCCCCCC(=O)NCCOCCOCCOCCOCCC(=O)N[C@@H](CCC(=O)NCCCC[C@H](NP)C(=O)O)C(=O)O. The number of hydrogen-bond acceptors (Lipinski definition) is 11. The molecule has 7 N–H and O–H groups in total. The molecule has 0 aromatic carbocycles. The smallest absolute Gasteiger partial charge is 0.326 e. The van der Waals surface area contributed by atoms with Crippen LogP contribution in [0.4, 0.5) is 0 Å². The first kappa shape index (κ1) is 55.0. The fraction of sp³-hybridized carbons (Fsp3) is 0.850. The maximum atomic E-state index is 12.2. The normalized spacial score (nSPS) is 12.2. The van der Waals surface area contributed by atoms with E-state index in [-0.39, 0.29) is 44.3 Å². The Hall–Kier alpha value is -2.95. The van der Waals surface area contributed by atoms with Gasteiger partial charge in [-0.05, 0) is 38.5 Å². The first-order valence-corrected chi connectivity index (χ1v) is 21.9. The zero-order chi connectivity index (χ0) is 42.9. The van der Waals surface area contributed by atoms with Gasteiger partial charge in [0, 0.05) is 38.8 Å².